The number of benzene rings is 2. The van der Waals surface area contributed by atoms with Gasteiger partial charge < -0.3 is 19.7 Å². The van der Waals surface area contributed by atoms with Gasteiger partial charge in [-0.1, -0.05) is 68.4 Å². The summed E-state index contributed by atoms with van der Waals surface area (Å²) in [4.78, 5) is 54.5. The van der Waals surface area contributed by atoms with Crippen LogP contribution in [-0.2, 0) is 48.2 Å². The van der Waals surface area contributed by atoms with Crippen molar-refractivity contribution in [1.29, 1.82) is 0 Å². The third-order valence-corrected chi connectivity index (χ3v) is 6.99. The van der Waals surface area contributed by atoms with Crippen molar-refractivity contribution < 1.29 is 28.7 Å². The van der Waals surface area contributed by atoms with E-state index in [1.54, 1.807) is 0 Å². The lowest BCUT2D eigenvalue weighted by Gasteiger charge is -2.33. The molecule has 3 atom stereocenters. The topological polar surface area (TPSA) is 105 Å². The molecule has 2 aromatic rings. The number of esters is 2. The van der Waals surface area contributed by atoms with Gasteiger partial charge in [0.05, 0.1) is 0 Å². The van der Waals surface area contributed by atoms with Crippen LogP contribution in [0.2, 0.25) is 0 Å². The smallest absolute Gasteiger partial charge is 0.303 e. The van der Waals surface area contributed by atoms with E-state index in [-0.39, 0.29) is 5.92 Å². The standard InChI is InChI=1S/C29H35N3O6.C2H6/c1-20(33)37-26(28(35)30-16-23-12-14-31(18-23)17-22-8-4-3-5-9-22)27(38-21(2)34)29(36)32-15-13-24-10-6-7-11-25(24)19-32;1-2/h3-11,23,26-27H,12-19H2,1-2H3,(H,30,35);1-2H3/t23?,26-,27-;/m1./s1. The summed E-state index contributed by atoms with van der Waals surface area (Å²) >= 11 is 0. The molecule has 9 heteroatoms. The molecule has 2 heterocycles. The summed E-state index contributed by atoms with van der Waals surface area (Å²) in [7, 11) is 0. The number of nitrogens with one attached hydrogen (secondary N) is 1. The molecule has 0 radical (unpaired) electrons. The SMILES string of the molecule is CC.CC(=O)O[C@@H](C(=O)NCC1CCN(Cc2ccccc2)C1)[C@@H](OC(C)=O)C(=O)N1CCc2ccccc2C1. The number of likely N-dealkylation sites (tertiary alicyclic amines) is 1. The van der Waals surface area contributed by atoms with E-state index in [0.717, 1.165) is 51.0 Å². The third kappa shape index (κ3) is 8.64. The second-order valence-electron chi connectivity index (χ2n) is 9.96. The molecule has 1 N–H and O–H groups in total. The first-order chi connectivity index (χ1) is 19.3. The van der Waals surface area contributed by atoms with Crippen molar-refractivity contribution in [2.24, 2.45) is 5.92 Å². The molecular weight excluding hydrogens is 510 g/mol. The number of amides is 2. The Morgan fingerprint density at radius 1 is 0.875 bits per heavy atom. The summed E-state index contributed by atoms with van der Waals surface area (Å²) in [5.74, 6) is -2.49. The quantitative estimate of drug-likeness (QED) is 0.478. The first kappa shape index (κ1) is 30.8. The first-order valence-corrected chi connectivity index (χ1v) is 14.0. The third-order valence-electron chi connectivity index (χ3n) is 6.99. The number of fused-ring (bicyclic) bond motifs is 1. The van der Waals surface area contributed by atoms with Gasteiger partial charge in [-0.3, -0.25) is 24.1 Å². The molecular formula is C31H41N3O6. The molecule has 0 aromatic heterocycles. The van der Waals surface area contributed by atoms with Crippen molar-refractivity contribution in [2.75, 3.05) is 26.2 Å². The molecule has 0 spiro atoms. The molecule has 4 rings (SSSR count). The van der Waals surface area contributed by atoms with Crippen molar-refractivity contribution >= 4 is 23.8 Å². The summed E-state index contributed by atoms with van der Waals surface area (Å²) in [5.41, 5.74) is 3.37. The molecule has 0 aliphatic carbocycles. The molecule has 1 saturated heterocycles. The van der Waals surface area contributed by atoms with Crippen molar-refractivity contribution in [2.45, 2.75) is 65.8 Å². The number of hydrogen-bond acceptors (Lipinski definition) is 7. The maximum absolute atomic E-state index is 13.5. The predicted molar refractivity (Wildman–Crippen MR) is 151 cm³/mol. The van der Waals surface area contributed by atoms with Gasteiger partial charge in [0.2, 0.25) is 12.2 Å². The lowest BCUT2D eigenvalue weighted by molar-refractivity contribution is -0.178. The van der Waals surface area contributed by atoms with Crippen LogP contribution in [-0.4, -0.2) is 71.9 Å². The minimum Gasteiger partial charge on any atom is -0.448 e. The Morgan fingerprint density at radius 3 is 2.17 bits per heavy atom. The maximum Gasteiger partial charge on any atom is 0.303 e. The second kappa shape index (κ2) is 15.2. The summed E-state index contributed by atoms with van der Waals surface area (Å²) in [6, 6.07) is 18.0. The van der Waals surface area contributed by atoms with Gasteiger partial charge in [0.1, 0.15) is 0 Å². The molecule has 2 amide bonds. The average Bonchev–Trinajstić information content (AvgIpc) is 3.41. The Morgan fingerprint density at radius 2 is 1.50 bits per heavy atom. The Labute approximate surface area is 236 Å². The Balaban J connectivity index is 0.00000216. The Bertz CT molecular complexity index is 1150. The Kier molecular flexibility index (Phi) is 11.7. The minimum atomic E-state index is -1.58. The number of ether oxygens (including phenoxy) is 2. The number of hydrogen-bond donors (Lipinski definition) is 1. The molecule has 2 aliphatic rings. The first-order valence-electron chi connectivity index (χ1n) is 14.0. The summed E-state index contributed by atoms with van der Waals surface area (Å²) in [5, 5.41) is 2.84. The lowest BCUT2D eigenvalue weighted by Crippen LogP contribution is -2.55. The molecule has 0 bridgehead atoms. The lowest BCUT2D eigenvalue weighted by atomic mass is 9.99. The van der Waals surface area contributed by atoms with Gasteiger partial charge in [0, 0.05) is 46.6 Å². The maximum atomic E-state index is 13.5. The van der Waals surface area contributed by atoms with Gasteiger partial charge in [0.25, 0.3) is 11.8 Å². The van der Waals surface area contributed by atoms with Crippen LogP contribution in [0.3, 0.4) is 0 Å². The van der Waals surface area contributed by atoms with E-state index in [1.807, 2.05) is 56.3 Å². The number of carbonyl (C=O) groups is 4. The largest absolute Gasteiger partial charge is 0.448 e. The zero-order chi connectivity index (χ0) is 29.1. The number of rotatable bonds is 9. The van der Waals surface area contributed by atoms with Crippen LogP contribution in [0.5, 0.6) is 0 Å². The van der Waals surface area contributed by atoms with Crippen LogP contribution < -0.4 is 5.32 Å². The highest BCUT2D eigenvalue weighted by Crippen LogP contribution is 2.22. The van der Waals surface area contributed by atoms with E-state index in [1.165, 1.54) is 10.5 Å². The van der Waals surface area contributed by atoms with E-state index < -0.39 is 36.0 Å². The Hall–Kier alpha value is -3.72. The fraction of sp³-hybridized carbons (Fsp3) is 0.484. The van der Waals surface area contributed by atoms with Crippen LogP contribution in [0, 0.1) is 5.92 Å². The van der Waals surface area contributed by atoms with Gasteiger partial charge >= 0.3 is 11.9 Å². The van der Waals surface area contributed by atoms with Crippen LogP contribution in [0.4, 0.5) is 0 Å². The number of carbonyl (C=O) groups excluding carboxylic acids is 4. The highest BCUT2D eigenvalue weighted by atomic mass is 16.6. The minimum absolute atomic E-state index is 0.210. The van der Waals surface area contributed by atoms with Crippen LogP contribution in [0.15, 0.2) is 54.6 Å². The van der Waals surface area contributed by atoms with E-state index in [0.29, 0.717) is 26.1 Å². The molecule has 2 aromatic carbocycles. The predicted octanol–water partition coefficient (Wildman–Crippen LogP) is 3.10. The monoisotopic (exact) mass is 551 g/mol. The van der Waals surface area contributed by atoms with Crippen molar-refractivity contribution in [3.05, 3.63) is 71.3 Å². The van der Waals surface area contributed by atoms with Crippen molar-refractivity contribution in [1.82, 2.24) is 15.1 Å². The highest BCUT2D eigenvalue weighted by Gasteiger charge is 2.42. The van der Waals surface area contributed by atoms with Crippen molar-refractivity contribution in [3.8, 4) is 0 Å². The normalized spacial score (nSPS) is 17.9. The van der Waals surface area contributed by atoms with E-state index >= 15 is 0 Å². The molecule has 1 unspecified atom stereocenters. The molecule has 40 heavy (non-hydrogen) atoms. The van der Waals surface area contributed by atoms with Gasteiger partial charge in [-0.05, 0) is 42.0 Å². The average molecular weight is 552 g/mol. The zero-order valence-corrected chi connectivity index (χ0v) is 23.9. The van der Waals surface area contributed by atoms with E-state index in [9.17, 15) is 19.2 Å². The van der Waals surface area contributed by atoms with Gasteiger partial charge in [-0.25, -0.2) is 0 Å². The fourth-order valence-electron chi connectivity index (χ4n) is 5.13. The van der Waals surface area contributed by atoms with Crippen LogP contribution in [0.25, 0.3) is 0 Å². The van der Waals surface area contributed by atoms with Crippen molar-refractivity contribution in [3.63, 3.8) is 0 Å². The second-order valence-corrected chi connectivity index (χ2v) is 9.96. The fourth-order valence-corrected chi connectivity index (χ4v) is 5.13. The van der Waals surface area contributed by atoms with Crippen LogP contribution in [0.1, 0.15) is 50.8 Å². The van der Waals surface area contributed by atoms with Gasteiger partial charge in [0.15, 0.2) is 0 Å². The molecule has 2 aliphatic heterocycles. The summed E-state index contributed by atoms with van der Waals surface area (Å²) in [6.07, 6.45) is -1.60. The van der Waals surface area contributed by atoms with Gasteiger partial charge in [-0.2, -0.15) is 0 Å². The highest BCUT2D eigenvalue weighted by molar-refractivity contribution is 5.93. The van der Waals surface area contributed by atoms with E-state index in [2.05, 4.69) is 22.3 Å². The molecule has 0 saturated carbocycles. The van der Waals surface area contributed by atoms with E-state index in [4.69, 9.17) is 9.47 Å². The molecule has 216 valence electrons. The zero-order valence-electron chi connectivity index (χ0n) is 23.9. The van der Waals surface area contributed by atoms with Crippen LogP contribution >= 0.6 is 0 Å². The molecule has 1 fully saturated rings. The summed E-state index contributed by atoms with van der Waals surface area (Å²) < 4.78 is 10.6. The molecule has 9 nitrogen and oxygen atoms in total. The number of nitrogens with zero attached hydrogens (tertiary/aromatic N) is 2. The van der Waals surface area contributed by atoms with Gasteiger partial charge in [-0.15, -0.1) is 0 Å². The summed E-state index contributed by atoms with van der Waals surface area (Å²) in [6.45, 7) is 9.96.